The summed E-state index contributed by atoms with van der Waals surface area (Å²) in [4.78, 5) is 11.5. The molecule has 2 rings (SSSR count). The Morgan fingerprint density at radius 2 is 1.62 bits per heavy atom. The maximum absolute atomic E-state index is 11.5. The highest BCUT2D eigenvalue weighted by molar-refractivity contribution is 5.73. The van der Waals surface area contributed by atoms with Crippen molar-refractivity contribution in [2.45, 2.75) is 33.3 Å². The predicted octanol–water partition coefficient (Wildman–Crippen LogP) is 3.69. The smallest absolute Gasteiger partial charge is 0.345 e. The minimum absolute atomic E-state index is 0.363. The number of aryl methyl sites for hydroxylation is 3. The third-order valence-corrected chi connectivity index (χ3v) is 3.61. The third-order valence-electron chi connectivity index (χ3n) is 3.61. The van der Waals surface area contributed by atoms with Crippen molar-refractivity contribution in [1.82, 2.24) is 0 Å². The van der Waals surface area contributed by atoms with Gasteiger partial charge in [0.25, 0.3) is 0 Å². The summed E-state index contributed by atoms with van der Waals surface area (Å²) in [5.74, 6) is -0.363. The lowest BCUT2D eigenvalue weighted by Crippen LogP contribution is -2.30. The fourth-order valence-electron chi connectivity index (χ4n) is 2.32. The summed E-state index contributed by atoms with van der Waals surface area (Å²) >= 11 is 0. The summed E-state index contributed by atoms with van der Waals surface area (Å²) in [6.07, 6.45) is -0.519. The van der Waals surface area contributed by atoms with Crippen LogP contribution in [0.25, 0.3) is 0 Å². The molecular formula is C18H20O3. The zero-order chi connectivity index (χ0) is 15.4. The van der Waals surface area contributed by atoms with Crippen molar-refractivity contribution in [3.8, 4) is 5.75 Å². The van der Waals surface area contributed by atoms with E-state index in [1.54, 1.807) is 12.1 Å². The van der Waals surface area contributed by atoms with E-state index in [2.05, 4.69) is 0 Å². The Morgan fingerprint density at radius 3 is 2.14 bits per heavy atom. The van der Waals surface area contributed by atoms with E-state index >= 15 is 0 Å². The number of ether oxygens (including phenoxy) is 1. The lowest BCUT2D eigenvalue weighted by atomic mass is 9.97. The van der Waals surface area contributed by atoms with E-state index in [0.717, 1.165) is 22.3 Å². The van der Waals surface area contributed by atoms with Crippen LogP contribution >= 0.6 is 0 Å². The van der Waals surface area contributed by atoms with Gasteiger partial charge in [-0.1, -0.05) is 35.9 Å². The van der Waals surface area contributed by atoms with Gasteiger partial charge in [-0.25, -0.2) is 4.79 Å². The van der Waals surface area contributed by atoms with Crippen molar-refractivity contribution in [3.05, 3.63) is 64.7 Å². The molecular weight excluding hydrogens is 264 g/mol. The topological polar surface area (TPSA) is 46.5 Å². The number of rotatable bonds is 5. The van der Waals surface area contributed by atoms with Gasteiger partial charge in [0.2, 0.25) is 0 Å². The molecule has 110 valence electrons. The van der Waals surface area contributed by atoms with Gasteiger partial charge in [-0.2, -0.15) is 0 Å². The minimum atomic E-state index is -0.946. The van der Waals surface area contributed by atoms with E-state index in [1.807, 2.05) is 51.1 Å². The minimum Gasteiger partial charge on any atom is -0.478 e. The van der Waals surface area contributed by atoms with Crippen LogP contribution in [0.15, 0.2) is 42.5 Å². The van der Waals surface area contributed by atoms with E-state index in [-0.39, 0.29) is 0 Å². The lowest BCUT2D eigenvalue weighted by molar-refractivity contribution is -0.145. The van der Waals surface area contributed by atoms with Crippen LogP contribution < -0.4 is 4.74 Å². The third kappa shape index (κ3) is 3.85. The maximum Gasteiger partial charge on any atom is 0.345 e. The molecule has 2 aromatic rings. The average molecular weight is 284 g/mol. The van der Waals surface area contributed by atoms with Gasteiger partial charge in [-0.15, -0.1) is 0 Å². The predicted molar refractivity (Wildman–Crippen MR) is 82.9 cm³/mol. The molecule has 1 atom stereocenters. The van der Waals surface area contributed by atoms with Crippen LogP contribution in [-0.2, 0) is 11.2 Å². The van der Waals surface area contributed by atoms with Gasteiger partial charge in [-0.05, 0) is 49.6 Å². The molecule has 2 aromatic carbocycles. The van der Waals surface area contributed by atoms with Crippen LogP contribution in [-0.4, -0.2) is 17.2 Å². The average Bonchev–Trinajstić information content (AvgIpc) is 2.43. The van der Waals surface area contributed by atoms with E-state index in [9.17, 15) is 9.90 Å². The van der Waals surface area contributed by atoms with Gasteiger partial charge in [0, 0.05) is 6.42 Å². The second-order valence-corrected chi connectivity index (χ2v) is 5.33. The molecule has 1 N–H and O–H groups in total. The summed E-state index contributed by atoms with van der Waals surface area (Å²) in [5.41, 5.74) is 4.34. The molecule has 0 bridgehead atoms. The second kappa shape index (κ2) is 6.44. The molecule has 21 heavy (non-hydrogen) atoms. The van der Waals surface area contributed by atoms with Crippen molar-refractivity contribution in [2.75, 3.05) is 0 Å². The Morgan fingerprint density at radius 1 is 1.05 bits per heavy atom. The fourth-order valence-corrected chi connectivity index (χ4v) is 2.32. The van der Waals surface area contributed by atoms with Crippen LogP contribution in [0.2, 0.25) is 0 Å². The molecule has 0 fully saturated rings. The molecule has 1 unspecified atom stereocenters. The van der Waals surface area contributed by atoms with Gasteiger partial charge >= 0.3 is 5.97 Å². The van der Waals surface area contributed by atoms with Crippen molar-refractivity contribution < 1.29 is 14.6 Å². The molecule has 0 aliphatic carbocycles. The van der Waals surface area contributed by atoms with Crippen LogP contribution in [0.5, 0.6) is 5.75 Å². The monoisotopic (exact) mass is 284 g/mol. The molecule has 0 heterocycles. The summed E-state index contributed by atoms with van der Waals surface area (Å²) < 4.78 is 5.65. The second-order valence-electron chi connectivity index (χ2n) is 5.33. The Balaban J connectivity index is 2.20. The number of hydrogen-bond donors (Lipinski definition) is 1. The van der Waals surface area contributed by atoms with E-state index in [0.29, 0.717) is 12.2 Å². The maximum atomic E-state index is 11.5. The van der Waals surface area contributed by atoms with Crippen molar-refractivity contribution in [3.63, 3.8) is 0 Å². The van der Waals surface area contributed by atoms with Crippen LogP contribution in [0.4, 0.5) is 0 Å². The molecule has 0 saturated carbocycles. The quantitative estimate of drug-likeness (QED) is 0.911. The number of carboxylic acid groups (broad SMARTS) is 1. The van der Waals surface area contributed by atoms with Gasteiger partial charge < -0.3 is 9.84 Å². The van der Waals surface area contributed by atoms with Crippen molar-refractivity contribution in [1.29, 1.82) is 0 Å². The normalized spacial score (nSPS) is 12.0. The van der Waals surface area contributed by atoms with E-state index in [4.69, 9.17) is 4.74 Å². The zero-order valence-corrected chi connectivity index (χ0v) is 12.6. The molecule has 0 radical (unpaired) electrons. The highest BCUT2D eigenvalue weighted by atomic mass is 16.5. The molecule has 0 aromatic heterocycles. The summed E-state index contributed by atoms with van der Waals surface area (Å²) in [6, 6.07) is 13.4. The van der Waals surface area contributed by atoms with Crippen molar-refractivity contribution >= 4 is 5.97 Å². The molecule has 3 nitrogen and oxygen atoms in total. The lowest BCUT2D eigenvalue weighted by Gasteiger charge is -2.18. The molecule has 0 aliphatic heterocycles. The van der Waals surface area contributed by atoms with Gasteiger partial charge in [-0.3, -0.25) is 0 Å². The molecule has 0 aliphatic rings. The fraction of sp³-hybridized carbons (Fsp3) is 0.278. The highest BCUT2D eigenvalue weighted by Gasteiger charge is 2.21. The summed E-state index contributed by atoms with van der Waals surface area (Å²) in [7, 11) is 0. The van der Waals surface area contributed by atoms with Crippen molar-refractivity contribution in [2.24, 2.45) is 0 Å². The molecule has 0 amide bonds. The largest absolute Gasteiger partial charge is 0.478 e. The van der Waals surface area contributed by atoms with E-state index in [1.165, 1.54) is 0 Å². The van der Waals surface area contributed by atoms with Crippen LogP contribution in [0, 0.1) is 20.8 Å². The standard InChI is InChI=1S/C18H20O3/c1-12-7-9-15(10-8-12)21-17(18(19)20)11-16-13(2)5-4-6-14(16)3/h4-10,17H,11H2,1-3H3,(H,19,20). The SMILES string of the molecule is Cc1ccc(OC(Cc2c(C)cccc2C)C(=O)O)cc1. The number of benzene rings is 2. The van der Waals surface area contributed by atoms with Gasteiger partial charge in [0.15, 0.2) is 6.10 Å². The first-order valence-electron chi connectivity index (χ1n) is 6.98. The Labute approximate surface area is 125 Å². The highest BCUT2D eigenvalue weighted by Crippen LogP contribution is 2.19. The van der Waals surface area contributed by atoms with Gasteiger partial charge in [0.1, 0.15) is 5.75 Å². The van der Waals surface area contributed by atoms with Crippen LogP contribution in [0.3, 0.4) is 0 Å². The first kappa shape index (κ1) is 15.1. The Bertz CT molecular complexity index is 609. The first-order valence-corrected chi connectivity index (χ1v) is 6.98. The summed E-state index contributed by atoms with van der Waals surface area (Å²) in [5, 5.41) is 9.41. The zero-order valence-electron chi connectivity index (χ0n) is 12.6. The number of carboxylic acids is 1. The Kier molecular flexibility index (Phi) is 4.63. The van der Waals surface area contributed by atoms with E-state index < -0.39 is 12.1 Å². The molecule has 0 spiro atoms. The number of hydrogen-bond acceptors (Lipinski definition) is 2. The Hall–Kier alpha value is -2.29. The molecule has 3 heteroatoms. The first-order chi connectivity index (χ1) is 9.97. The number of aliphatic carboxylic acids is 1. The summed E-state index contributed by atoms with van der Waals surface area (Å²) in [6.45, 7) is 5.97. The number of carbonyl (C=O) groups is 1. The van der Waals surface area contributed by atoms with Gasteiger partial charge in [0.05, 0.1) is 0 Å². The van der Waals surface area contributed by atoms with Crippen LogP contribution in [0.1, 0.15) is 22.3 Å². The molecule has 0 saturated heterocycles.